The summed E-state index contributed by atoms with van der Waals surface area (Å²) in [5.74, 6) is 0. The zero-order chi connectivity index (χ0) is 11.4. The summed E-state index contributed by atoms with van der Waals surface area (Å²) in [5, 5.41) is 2.12. The summed E-state index contributed by atoms with van der Waals surface area (Å²) in [5.41, 5.74) is 2.76. The van der Waals surface area contributed by atoms with Crippen molar-refractivity contribution >= 4 is 27.3 Å². The van der Waals surface area contributed by atoms with Crippen molar-refractivity contribution < 1.29 is 0 Å². The third-order valence-electron chi connectivity index (χ3n) is 2.60. The number of hydrogen-bond donors (Lipinski definition) is 0. The van der Waals surface area contributed by atoms with E-state index in [4.69, 9.17) is 0 Å². The smallest absolute Gasteiger partial charge is 0.0738 e. The molecule has 0 aliphatic heterocycles. The van der Waals surface area contributed by atoms with Crippen LogP contribution in [0.25, 0.3) is 0 Å². The molecule has 0 spiro atoms. The van der Waals surface area contributed by atoms with Crippen LogP contribution in [0.4, 0.5) is 0 Å². The van der Waals surface area contributed by atoms with Gasteiger partial charge in [-0.05, 0) is 29.0 Å². The number of halogens is 1. The summed E-state index contributed by atoms with van der Waals surface area (Å²) < 4.78 is 0. The predicted molar refractivity (Wildman–Crippen MR) is 75.5 cm³/mol. The van der Waals surface area contributed by atoms with E-state index in [-0.39, 0.29) is 0 Å². The lowest BCUT2D eigenvalue weighted by atomic mass is 10.1. The summed E-state index contributed by atoms with van der Waals surface area (Å²) >= 11 is 5.54. The van der Waals surface area contributed by atoms with Crippen LogP contribution in [0.15, 0.2) is 41.8 Å². The number of benzene rings is 1. The molecule has 0 bridgehead atoms. The van der Waals surface area contributed by atoms with E-state index in [9.17, 15) is 0 Å². The van der Waals surface area contributed by atoms with Gasteiger partial charge in [0.25, 0.3) is 0 Å². The minimum atomic E-state index is 0.336. The second-order valence-electron chi connectivity index (χ2n) is 3.87. The van der Waals surface area contributed by atoms with Gasteiger partial charge in [-0.25, -0.2) is 0 Å². The van der Waals surface area contributed by atoms with Gasteiger partial charge in [-0.1, -0.05) is 59.6 Å². The molecule has 1 atom stereocenters. The summed E-state index contributed by atoms with van der Waals surface area (Å²) in [6, 6.07) is 13.2. The first-order valence-electron chi connectivity index (χ1n) is 5.57. The Morgan fingerprint density at radius 2 is 1.94 bits per heavy atom. The lowest BCUT2D eigenvalue weighted by Gasteiger charge is -2.08. The minimum absolute atomic E-state index is 0.336. The first-order valence-corrected chi connectivity index (χ1v) is 7.37. The molecular weight excluding hydrogens is 280 g/mol. The maximum Gasteiger partial charge on any atom is 0.0738 e. The fourth-order valence-electron chi connectivity index (χ4n) is 1.74. The summed E-state index contributed by atoms with van der Waals surface area (Å²) in [6.07, 6.45) is 2.38. The second kappa shape index (κ2) is 5.65. The van der Waals surface area contributed by atoms with Crippen molar-refractivity contribution in [2.45, 2.75) is 24.6 Å². The van der Waals surface area contributed by atoms with Gasteiger partial charge in [-0.2, -0.15) is 0 Å². The van der Waals surface area contributed by atoms with Gasteiger partial charge in [0.15, 0.2) is 0 Å². The summed E-state index contributed by atoms with van der Waals surface area (Å²) in [6.45, 7) is 2.22. The van der Waals surface area contributed by atoms with Crippen LogP contribution in [-0.4, -0.2) is 0 Å². The molecule has 0 saturated carbocycles. The SMILES string of the molecule is CCCc1ccc(C(Br)c2cccs2)cc1. The Hall–Kier alpha value is -0.600. The number of rotatable bonds is 4. The summed E-state index contributed by atoms with van der Waals surface area (Å²) in [4.78, 5) is 1.70. The van der Waals surface area contributed by atoms with Crippen LogP contribution in [0.1, 0.15) is 34.2 Å². The van der Waals surface area contributed by atoms with E-state index in [1.54, 1.807) is 11.3 Å². The zero-order valence-electron chi connectivity index (χ0n) is 9.32. The van der Waals surface area contributed by atoms with E-state index in [1.165, 1.54) is 28.8 Å². The highest BCUT2D eigenvalue weighted by Crippen LogP contribution is 2.33. The van der Waals surface area contributed by atoms with Crippen LogP contribution < -0.4 is 0 Å². The quantitative estimate of drug-likeness (QED) is 0.681. The van der Waals surface area contributed by atoms with E-state index < -0.39 is 0 Å². The molecule has 0 radical (unpaired) electrons. The molecule has 0 nitrogen and oxygen atoms in total. The van der Waals surface area contributed by atoms with Gasteiger partial charge in [0.05, 0.1) is 4.83 Å². The van der Waals surface area contributed by atoms with Crippen molar-refractivity contribution in [2.75, 3.05) is 0 Å². The van der Waals surface area contributed by atoms with Crippen molar-refractivity contribution in [1.29, 1.82) is 0 Å². The molecule has 1 heterocycles. The van der Waals surface area contributed by atoms with Crippen LogP contribution in [0, 0.1) is 0 Å². The molecule has 0 saturated heterocycles. The Bertz CT molecular complexity index is 417. The first kappa shape index (κ1) is 11.9. The minimum Gasteiger partial charge on any atom is -0.147 e. The third-order valence-corrected chi connectivity index (χ3v) is 4.87. The monoisotopic (exact) mass is 294 g/mol. The van der Waals surface area contributed by atoms with Crippen LogP contribution in [0.5, 0.6) is 0 Å². The van der Waals surface area contributed by atoms with Gasteiger partial charge in [0.1, 0.15) is 0 Å². The van der Waals surface area contributed by atoms with Gasteiger partial charge in [-0.15, -0.1) is 11.3 Å². The lowest BCUT2D eigenvalue weighted by Crippen LogP contribution is -1.90. The Morgan fingerprint density at radius 3 is 2.50 bits per heavy atom. The van der Waals surface area contributed by atoms with Crippen molar-refractivity contribution in [2.24, 2.45) is 0 Å². The number of thiophene rings is 1. The number of alkyl halides is 1. The Morgan fingerprint density at radius 1 is 1.19 bits per heavy atom. The molecule has 2 aromatic rings. The largest absolute Gasteiger partial charge is 0.147 e. The molecule has 16 heavy (non-hydrogen) atoms. The first-order chi connectivity index (χ1) is 7.81. The maximum atomic E-state index is 3.75. The van der Waals surface area contributed by atoms with Gasteiger partial charge in [-0.3, -0.25) is 0 Å². The van der Waals surface area contributed by atoms with Crippen molar-refractivity contribution in [1.82, 2.24) is 0 Å². The van der Waals surface area contributed by atoms with E-state index in [0.29, 0.717) is 4.83 Å². The van der Waals surface area contributed by atoms with E-state index >= 15 is 0 Å². The van der Waals surface area contributed by atoms with Gasteiger partial charge < -0.3 is 0 Å². The molecule has 84 valence electrons. The van der Waals surface area contributed by atoms with Gasteiger partial charge in [0.2, 0.25) is 0 Å². The fourth-order valence-corrected chi connectivity index (χ4v) is 3.25. The number of aryl methyl sites for hydroxylation is 1. The molecule has 0 aliphatic carbocycles. The average Bonchev–Trinajstić information content (AvgIpc) is 2.83. The van der Waals surface area contributed by atoms with Crippen LogP contribution >= 0.6 is 27.3 Å². The summed E-state index contributed by atoms with van der Waals surface area (Å²) in [7, 11) is 0. The predicted octanol–water partition coefficient (Wildman–Crippen LogP) is 5.18. The highest BCUT2D eigenvalue weighted by atomic mass is 79.9. The highest BCUT2D eigenvalue weighted by molar-refractivity contribution is 9.09. The van der Waals surface area contributed by atoms with Crippen molar-refractivity contribution in [3.8, 4) is 0 Å². The topological polar surface area (TPSA) is 0 Å². The standard InChI is InChI=1S/C14H15BrS/c1-2-4-11-6-8-12(9-7-11)14(15)13-5-3-10-16-13/h3,5-10,14H,2,4H2,1H3. The Labute approximate surface area is 109 Å². The molecule has 1 aromatic carbocycles. The van der Waals surface area contributed by atoms with Crippen LogP contribution in [0.2, 0.25) is 0 Å². The van der Waals surface area contributed by atoms with Crippen molar-refractivity contribution in [3.05, 3.63) is 57.8 Å². The Kier molecular flexibility index (Phi) is 4.19. The van der Waals surface area contributed by atoms with Crippen LogP contribution in [0.3, 0.4) is 0 Å². The van der Waals surface area contributed by atoms with Gasteiger partial charge in [0, 0.05) is 4.88 Å². The van der Waals surface area contributed by atoms with Crippen LogP contribution in [-0.2, 0) is 6.42 Å². The normalized spacial score (nSPS) is 12.6. The molecule has 0 N–H and O–H groups in total. The molecule has 0 fully saturated rings. The number of hydrogen-bond acceptors (Lipinski definition) is 1. The molecule has 0 amide bonds. The fraction of sp³-hybridized carbons (Fsp3) is 0.286. The third kappa shape index (κ3) is 2.74. The maximum absolute atomic E-state index is 3.75. The molecule has 1 aromatic heterocycles. The average molecular weight is 295 g/mol. The molecular formula is C14H15BrS. The van der Waals surface area contributed by atoms with Gasteiger partial charge >= 0.3 is 0 Å². The molecule has 0 aliphatic rings. The van der Waals surface area contributed by atoms with E-state index in [2.05, 4.69) is 64.6 Å². The molecule has 2 heteroatoms. The zero-order valence-corrected chi connectivity index (χ0v) is 11.7. The Balaban J connectivity index is 2.15. The molecule has 1 unspecified atom stereocenters. The van der Waals surface area contributed by atoms with E-state index in [0.717, 1.165) is 0 Å². The highest BCUT2D eigenvalue weighted by Gasteiger charge is 2.10. The molecule has 2 rings (SSSR count). The second-order valence-corrected chi connectivity index (χ2v) is 5.76. The lowest BCUT2D eigenvalue weighted by molar-refractivity contribution is 0.920. The van der Waals surface area contributed by atoms with E-state index in [1.807, 2.05) is 0 Å². The van der Waals surface area contributed by atoms with Crippen molar-refractivity contribution in [3.63, 3.8) is 0 Å².